The lowest BCUT2D eigenvalue weighted by molar-refractivity contribution is -0.124. The second-order valence-corrected chi connectivity index (χ2v) is 5.94. The first-order valence-electron chi connectivity index (χ1n) is 6.85. The summed E-state index contributed by atoms with van der Waals surface area (Å²) in [6.45, 7) is 6.45. The van der Waals surface area contributed by atoms with E-state index >= 15 is 0 Å². The highest BCUT2D eigenvalue weighted by Gasteiger charge is 2.30. The Bertz CT molecular complexity index is 622. The van der Waals surface area contributed by atoms with Crippen molar-refractivity contribution in [2.24, 2.45) is 5.92 Å². The van der Waals surface area contributed by atoms with Crippen LogP contribution in [0.25, 0.3) is 0 Å². The van der Waals surface area contributed by atoms with Crippen molar-refractivity contribution in [2.75, 3.05) is 6.61 Å². The zero-order chi connectivity index (χ0) is 16.9. The summed E-state index contributed by atoms with van der Waals surface area (Å²) in [5, 5.41) is 12.2. The van der Waals surface area contributed by atoms with Crippen LogP contribution >= 0.6 is 11.6 Å². The van der Waals surface area contributed by atoms with Gasteiger partial charge in [-0.1, -0.05) is 25.4 Å². The maximum absolute atomic E-state index is 11.9. The summed E-state index contributed by atoms with van der Waals surface area (Å²) >= 11 is 5.84. The lowest BCUT2D eigenvalue weighted by Gasteiger charge is -2.27. The molecule has 0 radical (unpaired) electrons. The van der Waals surface area contributed by atoms with Crippen molar-refractivity contribution < 1.29 is 14.3 Å². The number of carbonyl (C=O) groups is 2. The van der Waals surface area contributed by atoms with Gasteiger partial charge in [0.05, 0.1) is 11.6 Å². The largest absolute Gasteiger partial charge is 0.483 e. The number of hydrogen-bond donors (Lipinski definition) is 1. The van der Waals surface area contributed by atoms with E-state index in [1.807, 2.05) is 13.8 Å². The van der Waals surface area contributed by atoms with Crippen LogP contribution in [-0.2, 0) is 4.79 Å². The zero-order valence-electron chi connectivity index (χ0n) is 13.1. The van der Waals surface area contributed by atoms with Gasteiger partial charge < -0.3 is 10.1 Å². The van der Waals surface area contributed by atoms with Crippen LogP contribution in [0.2, 0.25) is 5.02 Å². The number of amides is 1. The second kappa shape index (κ2) is 7.28. The third kappa shape index (κ3) is 4.47. The average Bonchev–Trinajstić information content (AvgIpc) is 2.45. The molecule has 1 aromatic carbocycles. The average molecular weight is 323 g/mol. The van der Waals surface area contributed by atoms with Crippen LogP contribution in [0.4, 0.5) is 0 Å². The number of nitrogens with one attached hydrogen (secondary N) is 1. The van der Waals surface area contributed by atoms with Crippen LogP contribution in [-0.4, -0.2) is 23.8 Å². The minimum absolute atomic E-state index is 0.0511. The van der Waals surface area contributed by atoms with Gasteiger partial charge in [0.1, 0.15) is 11.3 Å². The molecule has 1 rings (SSSR count). The Kier molecular flexibility index (Phi) is 5.95. The Labute approximate surface area is 135 Å². The number of rotatable bonds is 6. The van der Waals surface area contributed by atoms with Gasteiger partial charge in [-0.05, 0) is 38.0 Å². The fourth-order valence-electron chi connectivity index (χ4n) is 1.67. The van der Waals surface area contributed by atoms with Gasteiger partial charge in [-0.2, -0.15) is 5.26 Å². The summed E-state index contributed by atoms with van der Waals surface area (Å²) in [5.41, 5.74) is -0.656. The van der Waals surface area contributed by atoms with Crippen molar-refractivity contribution in [3.8, 4) is 11.8 Å². The Morgan fingerprint density at radius 3 is 2.59 bits per heavy atom. The first-order chi connectivity index (χ1) is 10.2. The Morgan fingerprint density at radius 1 is 1.45 bits per heavy atom. The van der Waals surface area contributed by atoms with Crippen molar-refractivity contribution in [1.82, 2.24) is 5.32 Å². The number of halogens is 1. The van der Waals surface area contributed by atoms with Crippen LogP contribution in [0.3, 0.4) is 0 Å². The monoisotopic (exact) mass is 322 g/mol. The van der Waals surface area contributed by atoms with E-state index in [0.717, 1.165) is 0 Å². The van der Waals surface area contributed by atoms with Crippen molar-refractivity contribution in [3.63, 3.8) is 0 Å². The lowest BCUT2D eigenvalue weighted by atomic mass is 9.90. The molecule has 1 atom stereocenters. The van der Waals surface area contributed by atoms with Gasteiger partial charge >= 0.3 is 0 Å². The number of ether oxygens (including phenoxy) is 1. The van der Waals surface area contributed by atoms with E-state index in [9.17, 15) is 14.9 Å². The van der Waals surface area contributed by atoms with Gasteiger partial charge in [-0.3, -0.25) is 9.59 Å². The van der Waals surface area contributed by atoms with Crippen molar-refractivity contribution in [1.29, 1.82) is 5.26 Å². The van der Waals surface area contributed by atoms with Gasteiger partial charge in [0.2, 0.25) is 0 Å². The third-order valence-corrected chi connectivity index (χ3v) is 3.70. The summed E-state index contributed by atoms with van der Waals surface area (Å²) in [4.78, 5) is 23.5. The smallest absolute Gasteiger partial charge is 0.259 e. The fourth-order valence-corrected chi connectivity index (χ4v) is 1.85. The molecule has 0 unspecified atom stereocenters. The second-order valence-electron chi connectivity index (χ2n) is 5.50. The molecule has 0 spiro atoms. The third-order valence-electron chi connectivity index (χ3n) is 3.47. The SMILES string of the molecule is CC(=O)c1cc(Cl)ccc1OCC(=O)N[C@](C)(C#N)C(C)C. The van der Waals surface area contributed by atoms with E-state index < -0.39 is 11.4 Å². The molecule has 1 N–H and O–H groups in total. The van der Waals surface area contributed by atoms with Crippen molar-refractivity contribution >= 4 is 23.3 Å². The molecular weight excluding hydrogens is 304 g/mol. The van der Waals surface area contributed by atoms with Gasteiger partial charge in [0.25, 0.3) is 5.91 Å². The van der Waals surface area contributed by atoms with Gasteiger partial charge in [0.15, 0.2) is 12.4 Å². The highest BCUT2D eigenvalue weighted by Crippen LogP contribution is 2.23. The van der Waals surface area contributed by atoms with E-state index in [1.54, 1.807) is 13.0 Å². The Hall–Kier alpha value is -2.06. The van der Waals surface area contributed by atoms with Crippen molar-refractivity contribution in [3.05, 3.63) is 28.8 Å². The molecule has 1 aromatic rings. The number of hydrogen-bond acceptors (Lipinski definition) is 4. The summed E-state index contributed by atoms with van der Waals surface area (Å²) in [7, 11) is 0. The highest BCUT2D eigenvalue weighted by molar-refractivity contribution is 6.31. The number of nitriles is 1. The van der Waals surface area contributed by atoms with E-state index in [0.29, 0.717) is 10.6 Å². The quantitative estimate of drug-likeness (QED) is 0.816. The van der Waals surface area contributed by atoms with Gasteiger partial charge in [-0.25, -0.2) is 0 Å². The number of ketones is 1. The molecule has 5 nitrogen and oxygen atoms in total. The van der Waals surface area contributed by atoms with E-state index in [1.165, 1.54) is 19.1 Å². The molecule has 0 aromatic heterocycles. The molecular formula is C16H19ClN2O3. The highest BCUT2D eigenvalue weighted by atomic mass is 35.5. The molecule has 0 aliphatic rings. The molecule has 1 amide bonds. The number of Topliss-reactive ketones (excluding diaryl/α,β-unsaturated/α-hetero) is 1. The lowest BCUT2D eigenvalue weighted by Crippen LogP contribution is -2.50. The van der Waals surface area contributed by atoms with Crippen LogP contribution in [0, 0.1) is 17.2 Å². The van der Waals surface area contributed by atoms with Gasteiger partial charge in [0, 0.05) is 5.02 Å². The van der Waals surface area contributed by atoms with Crippen LogP contribution in [0.5, 0.6) is 5.75 Å². The molecule has 0 aliphatic carbocycles. The standard InChI is InChI=1S/C16H19ClN2O3/c1-10(2)16(4,9-18)19-15(21)8-22-14-6-5-12(17)7-13(14)11(3)20/h5-7,10H,8H2,1-4H3,(H,19,21)/t16-/m1/s1. The fraction of sp³-hybridized carbons (Fsp3) is 0.438. The Balaban J connectivity index is 2.77. The molecule has 0 saturated carbocycles. The summed E-state index contributed by atoms with van der Waals surface area (Å²) in [5.74, 6) is -0.399. The first-order valence-corrected chi connectivity index (χ1v) is 7.23. The number of nitrogens with zero attached hydrogens (tertiary/aromatic N) is 1. The minimum Gasteiger partial charge on any atom is -0.483 e. The molecule has 6 heteroatoms. The predicted octanol–water partition coefficient (Wildman–Crippen LogP) is 2.98. The van der Waals surface area contributed by atoms with Crippen LogP contribution < -0.4 is 10.1 Å². The topological polar surface area (TPSA) is 79.2 Å². The molecule has 22 heavy (non-hydrogen) atoms. The summed E-state index contributed by atoms with van der Waals surface area (Å²) in [6.07, 6.45) is 0. The summed E-state index contributed by atoms with van der Waals surface area (Å²) in [6, 6.07) is 6.69. The molecule has 0 aliphatic heterocycles. The number of carbonyl (C=O) groups excluding carboxylic acids is 2. The summed E-state index contributed by atoms with van der Waals surface area (Å²) < 4.78 is 5.38. The molecule has 118 valence electrons. The van der Waals surface area contributed by atoms with Gasteiger partial charge in [-0.15, -0.1) is 0 Å². The van der Waals surface area contributed by atoms with Crippen molar-refractivity contribution in [2.45, 2.75) is 33.2 Å². The van der Waals surface area contributed by atoms with Crippen LogP contribution in [0.1, 0.15) is 38.1 Å². The minimum atomic E-state index is -0.968. The van der Waals surface area contributed by atoms with Crippen LogP contribution in [0.15, 0.2) is 18.2 Å². The normalized spacial score (nSPS) is 13.1. The number of benzene rings is 1. The van der Waals surface area contributed by atoms with E-state index in [4.69, 9.17) is 16.3 Å². The Morgan fingerprint density at radius 2 is 2.09 bits per heavy atom. The maximum Gasteiger partial charge on any atom is 0.259 e. The maximum atomic E-state index is 11.9. The van der Waals surface area contributed by atoms with E-state index in [2.05, 4.69) is 11.4 Å². The zero-order valence-corrected chi connectivity index (χ0v) is 13.8. The molecule has 0 fully saturated rings. The molecule has 0 saturated heterocycles. The first kappa shape index (κ1) is 18.0. The molecule has 0 heterocycles. The molecule has 0 bridgehead atoms. The van der Waals surface area contributed by atoms with E-state index in [-0.39, 0.29) is 24.1 Å². The predicted molar refractivity (Wildman–Crippen MR) is 84.0 cm³/mol.